The van der Waals surface area contributed by atoms with Gasteiger partial charge in [-0.15, -0.1) is 11.8 Å². The van der Waals surface area contributed by atoms with Crippen LogP contribution in [0.5, 0.6) is 0 Å². The maximum atomic E-state index is 11.9. The smallest absolute Gasteiger partial charge is 0.260 e. The lowest BCUT2D eigenvalue weighted by atomic mass is 10.2. The average molecular weight is 276 g/mol. The van der Waals surface area contributed by atoms with Gasteiger partial charge in [0.1, 0.15) is 0 Å². The Labute approximate surface area is 109 Å². The lowest BCUT2D eigenvalue weighted by molar-refractivity contribution is -0.117. The van der Waals surface area contributed by atoms with Gasteiger partial charge in [0.15, 0.2) is 4.84 Å². The van der Waals surface area contributed by atoms with Crippen molar-refractivity contribution in [1.29, 1.82) is 0 Å². The van der Waals surface area contributed by atoms with Gasteiger partial charge in [0.2, 0.25) is 0 Å². The minimum atomic E-state index is -1.00. The molecule has 0 aromatic heterocycles. The van der Waals surface area contributed by atoms with Gasteiger partial charge in [-0.25, -0.2) is 0 Å². The highest BCUT2D eigenvalue weighted by molar-refractivity contribution is 7.99. The molecule has 86 valence electrons. The van der Waals surface area contributed by atoms with E-state index in [-0.39, 0.29) is 11.9 Å². The number of para-hydroxylation sites is 1. The minimum Gasteiger partial charge on any atom is -0.305 e. The molecule has 1 unspecified atom stereocenters. The lowest BCUT2D eigenvalue weighted by Crippen LogP contribution is -2.45. The molecule has 2 nitrogen and oxygen atoms in total. The van der Waals surface area contributed by atoms with Gasteiger partial charge in [-0.3, -0.25) is 4.79 Å². The van der Waals surface area contributed by atoms with Gasteiger partial charge in [0.05, 0.1) is 5.69 Å². The number of rotatable bonds is 1. The van der Waals surface area contributed by atoms with E-state index in [4.69, 9.17) is 23.2 Å². The van der Waals surface area contributed by atoms with E-state index in [1.165, 1.54) is 0 Å². The van der Waals surface area contributed by atoms with Crippen molar-refractivity contribution >= 4 is 46.6 Å². The van der Waals surface area contributed by atoms with Crippen LogP contribution < -0.4 is 4.90 Å². The maximum absolute atomic E-state index is 11.9. The summed E-state index contributed by atoms with van der Waals surface area (Å²) in [6.45, 7) is 2.00. The molecule has 0 saturated heterocycles. The van der Waals surface area contributed by atoms with Crippen molar-refractivity contribution in [2.75, 3.05) is 10.7 Å². The van der Waals surface area contributed by atoms with E-state index in [1.54, 1.807) is 16.7 Å². The SMILES string of the molecule is CC1CSc2ccccc2N1C(=O)C(Cl)Cl. The first-order chi connectivity index (χ1) is 7.61. The fourth-order valence-corrected chi connectivity index (χ4v) is 3.01. The number of nitrogens with zero attached hydrogens (tertiary/aromatic N) is 1. The van der Waals surface area contributed by atoms with Gasteiger partial charge in [-0.1, -0.05) is 35.3 Å². The third-order valence-corrected chi connectivity index (χ3v) is 4.15. The van der Waals surface area contributed by atoms with Crippen molar-refractivity contribution < 1.29 is 4.79 Å². The zero-order valence-electron chi connectivity index (χ0n) is 8.69. The Morgan fingerprint density at radius 2 is 2.19 bits per heavy atom. The third kappa shape index (κ3) is 2.17. The summed E-state index contributed by atoms with van der Waals surface area (Å²) in [5.41, 5.74) is 0.905. The largest absolute Gasteiger partial charge is 0.305 e. The Hall–Kier alpha value is -0.380. The van der Waals surface area contributed by atoms with Crippen LogP contribution in [0.1, 0.15) is 6.92 Å². The number of carbonyl (C=O) groups excluding carboxylic acids is 1. The molecule has 16 heavy (non-hydrogen) atoms. The van der Waals surface area contributed by atoms with Crippen molar-refractivity contribution in [3.63, 3.8) is 0 Å². The van der Waals surface area contributed by atoms with Gasteiger partial charge in [-0.05, 0) is 19.1 Å². The highest BCUT2D eigenvalue weighted by atomic mass is 35.5. The fraction of sp³-hybridized carbons (Fsp3) is 0.364. The molecule has 1 atom stereocenters. The van der Waals surface area contributed by atoms with Crippen molar-refractivity contribution in [2.45, 2.75) is 22.7 Å². The number of benzene rings is 1. The second kappa shape index (κ2) is 4.86. The van der Waals surface area contributed by atoms with Crippen LogP contribution in [-0.2, 0) is 4.79 Å². The monoisotopic (exact) mass is 275 g/mol. The van der Waals surface area contributed by atoms with Crippen LogP contribution in [-0.4, -0.2) is 22.5 Å². The van der Waals surface area contributed by atoms with Crippen LogP contribution in [0.25, 0.3) is 0 Å². The predicted octanol–water partition coefficient (Wildman–Crippen LogP) is 3.32. The standard InChI is InChI=1S/C11H11Cl2NOS/c1-7-6-16-9-5-3-2-4-8(9)14(7)11(15)10(12)13/h2-5,7,10H,6H2,1H3. The number of thioether (sulfide) groups is 1. The summed E-state index contributed by atoms with van der Waals surface area (Å²) in [5, 5.41) is 0. The summed E-state index contributed by atoms with van der Waals surface area (Å²) in [7, 11) is 0. The van der Waals surface area contributed by atoms with Crippen LogP contribution in [0.2, 0.25) is 0 Å². The third-order valence-electron chi connectivity index (χ3n) is 2.47. The summed E-state index contributed by atoms with van der Waals surface area (Å²) < 4.78 is 0. The van der Waals surface area contributed by atoms with Crippen molar-refractivity contribution in [3.8, 4) is 0 Å². The highest BCUT2D eigenvalue weighted by Crippen LogP contribution is 2.37. The van der Waals surface area contributed by atoms with Gasteiger partial charge in [0, 0.05) is 16.7 Å². The quantitative estimate of drug-likeness (QED) is 0.733. The van der Waals surface area contributed by atoms with Crippen LogP contribution in [0.3, 0.4) is 0 Å². The van der Waals surface area contributed by atoms with E-state index in [1.807, 2.05) is 31.2 Å². The zero-order chi connectivity index (χ0) is 11.7. The Morgan fingerprint density at radius 1 is 1.50 bits per heavy atom. The summed E-state index contributed by atoms with van der Waals surface area (Å²) in [6, 6.07) is 7.92. The molecule has 5 heteroatoms. The Kier molecular flexibility index (Phi) is 3.67. The molecule has 0 aliphatic carbocycles. The van der Waals surface area contributed by atoms with E-state index in [0.29, 0.717) is 0 Å². The first-order valence-electron chi connectivity index (χ1n) is 4.94. The molecule has 1 aliphatic heterocycles. The first-order valence-corrected chi connectivity index (χ1v) is 6.80. The summed E-state index contributed by atoms with van der Waals surface area (Å²) in [5.74, 6) is 0.618. The topological polar surface area (TPSA) is 20.3 Å². The molecule has 0 radical (unpaired) electrons. The van der Waals surface area contributed by atoms with Gasteiger partial charge < -0.3 is 4.90 Å². The van der Waals surface area contributed by atoms with Crippen LogP contribution in [0, 0.1) is 0 Å². The van der Waals surface area contributed by atoms with Crippen LogP contribution in [0.4, 0.5) is 5.69 Å². The van der Waals surface area contributed by atoms with Crippen LogP contribution in [0.15, 0.2) is 29.2 Å². The number of hydrogen-bond donors (Lipinski definition) is 0. The fourth-order valence-electron chi connectivity index (χ4n) is 1.74. The Bertz CT molecular complexity index is 411. The number of halogens is 2. The molecule has 1 aromatic rings. The molecule has 1 amide bonds. The first kappa shape index (κ1) is 12.1. The molecule has 2 rings (SSSR count). The number of hydrogen-bond acceptors (Lipinski definition) is 2. The van der Waals surface area contributed by atoms with E-state index in [0.717, 1.165) is 16.3 Å². The molecule has 0 N–H and O–H groups in total. The second-order valence-corrected chi connectivity index (χ2v) is 5.79. The van der Waals surface area contributed by atoms with Gasteiger partial charge >= 0.3 is 0 Å². The number of alkyl halides is 2. The molecule has 0 bridgehead atoms. The molecular weight excluding hydrogens is 265 g/mol. The molecule has 0 spiro atoms. The summed E-state index contributed by atoms with van der Waals surface area (Å²) in [4.78, 5) is 13.7. The van der Waals surface area contributed by atoms with E-state index < -0.39 is 4.84 Å². The summed E-state index contributed by atoms with van der Waals surface area (Å²) >= 11 is 13.1. The Balaban J connectivity index is 2.40. The maximum Gasteiger partial charge on any atom is 0.260 e. The molecule has 1 aromatic carbocycles. The van der Waals surface area contributed by atoms with Gasteiger partial charge in [-0.2, -0.15) is 0 Å². The van der Waals surface area contributed by atoms with Crippen molar-refractivity contribution in [3.05, 3.63) is 24.3 Å². The van der Waals surface area contributed by atoms with Crippen LogP contribution >= 0.6 is 35.0 Å². The van der Waals surface area contributed by atoms with Gasteiger partial charge in [0.25, 0.3) is 5.91 Å². The second-order valence-electron chi connectivity index (χ2n) is 3.64. The van der Waals surface area contributed by atoms with Crippen molar-refractivity contribution in [2.24, 2.45) is 0 Å². The number of carbonyl (C=O) groups is 1. The average Bonchev–Trinajstić information content (AvgIpc) is 2.28. The molecule has 1 aliphatic rings. The predicted molar refractivity (Wildman–Crippen MR) is 69.6 cm³/mol. The summed E-state index contributed by atoms with van der Waals surface area (Å²) in [6.07, 6.45) is 0. The zero-order valence-corrected chi connectivity index (χ0v) is 11.0. The number of anilines is 1. The lowest BCUT2D eigenvalue weighted by Gasteiger charge is -2.35. The van der Waals surface area contributed by atoms with E-state index in [2.05, 4.69) is 0 Å². The number of fused-ring (bicyclic) bond motifs is 1. The molecule has 0 fully saturated rings. The van der Waals surface area contributed by atoms with Crippen molar-refractivity contribution in [1.82, 2.24) is 0 Å². The highest BCUT2D eigenvalue weighted by Gasteiger charge is 2.31. The van der Waals surface area contributed by atoms with E-state index in [9.17, 15) is 4.79 Å². The number of amides is 1. The molecule has 0 saturated carbocycles. The Morgan fingerprint density at radius 3 is 2.88 bits per heavy atom. The molecule has 1 heterocycles. The molecular formula is C11H11Cl2NOS. The minimum absolute atomic E-state index is 0.118. The van der Waals surface area contributed by atoms with E-state index >= 15 is 0 Å². The normalized spacial score (nSPS) is 19.8.